The van der Waals surface area contributed by atoms with Crippen LogP contribution in [0.1, 0.15) is 21.9 Å². The molecule has 11 heteroatoms. The van der Waals surface area contributed by atoms with E-state index in [1.54, 1.807) is 18.2 Å². The maximum absolute atomic E-state index is 12.7. The topological polar surface area (TPSA) is 104 Å². The van der Waals surface area contributed by atoms with Crippen molar-refractivity contribution < 1.29 is 23.6 Å². The number of rotatable bonds is 8. The zero-order valence-electron chi connectivity index (χ0n) is 18.6. The summed E-state index contributed by atoms with van der Waals surface area (Å²) in [7, 11) is 0. The second kappa shape index (κ2) is 10.9. The molecule has 1 aromatic heterocycles. The van der Waals surface area contributed by atoms with E-state index in [1.807, 2.05) is 19.1 Å². The summed E-state index contributed by atoms with van der Waals surface area (Å²) in [5.74, 6) is 0.625. The number of nitrogens with zero attached hydrogens (tertiary/aromatic N) is 1. The zero-order chi connectivity index (χ0) is 25.8. The number of nitrogens with one attached hydrogen (secondary N) is 1. The van der Waals surface area contributed by atoms with Crippen LogP contribution in [0.3, 0.4) is 0 Å². The normalized spacial score (nSPS) is 10.7. The summed E-state index contributed by atoms with van der Waals surface area (Å²) in [5.41, 5.74) is 0.759. The minimum atomic E-state index is -0.619. The van der Waals surface area contributed by atoms with Crippen molar-refractivity contribution >= 4 is 52.1 Å². The van der Waals surface area contributed by atoms with Crippen LogP contribution in [-0.2, 0) is 6.61 Å². The number of hydrogen-bond acceptors (Lipinski definition) is 6. The number of aryl methyl sites for hydroxylation is 1. The van der Waals surface area contributed by atoms with E-state index in [0.717, 1.165) is 5.56 Å². The van der Waals surface area contributed by atoms with Crippen LogP contribution in [0.5, 0.6) is 17.2 Å². The minimum Gasteiger partial charge on any atom is -0.483 e. The molecule has 184 valence electrons. The van der Waals surface area contributed by atoms with Gasteiger partial charge in [0.05, 0.1) is 26.7 Å². The molecule has 36 heavy (non-hydrogen) atoms. The van der Waals surface area contributed by atoms with Crippen molar-refractivity contribution in [2.24, 2.45) is 0 Å². The molecular formula is C25H17Cl3N2O6. The SMILES string of the molecule is Cc1ccccc1Oc1cc(NC(=O)c2ccc(COc3c(Cl)cc(Cl)cc3Cl)o2)cc([N+](=O)[O-])c1. The van der Waals surface area contributed by atoms with Gasteiger partial charge in [0.25, 0.3) is 11.6 Å². The number of nitro benzene ring substituents is 1. The number of anilines is 1. The quantitative estimate of drug-likeness (QED) is 0.177. The predicted molar refractivity (Wildman–Crippen MR) is 137 cm³/mol. The lowest BCUT2D eigenvalue weighted by atomic mass is 10.2. The Morgan fingerprint density at radius 2 is 1.75 bits per heavy atom. The van der Waals surface area contributed by atoms with E-state index in [4.69, 9.17) is 48.7 Å². The summed E-state index contributed by atoms with van der Waals surface area (Å²) in [6.07, 6.45) is 0. The van der Waals surface area contributed by atoms with Crippen LogP contribution >= 0.6 is 34.8 Å². The van der Waals surface area contributed by atoms with Gasteiger partial charge in [-0.25, -0.2) is 0 Å². The molecule has 8 nitrogen and oxygen atoms in total. The van der Waals surface area contributed by atoms with Gasteiger partial charge in [-0.2, -0.15) is 0 Å². The minimum absolute atomic E-state index is 0.0326. The smallest absolute Gasteiger partial charge is 0.291 e. The summed E-state index contributed by atoms with van der Waals surface area (Å²) >= 11 is 18.1. The van der Waals surface area contributed by atoms with Crippen LogP contribution < -0.4 is 14.8 Å². The Bertz CT molecular complexity index is 1430. The highest BCUT2D eigenvalue weighted by atomic mass is 35.5. The Balaban J connectivity index is 1.48. The molecule has 0 saturated carbocycles. The molecule has 0 bridgehead atoms. The van der Waals surface area contributed by atoms with E-state index >= 15 is 0 Å². The molecule has 1 heterocycles. The molecule has 0 radical (unpaired) electrons. The van der Waals surface area contributed by atoms with Crippen molar-refractivity contribution in [1.82, 2.24) is 0 Å². The molecule has 1 N–H and O–H groups in total. The number of carbonyl (C=O) groups excluding carboxylic acids is 1. The Hall–Kier alpha value is -3.72. The first kappa shape index (κ1) is 25.4. The Labute approximate surface area is 220 Å². The Kier molecular flexibility index (Phi) is 7.69. The van der Waals surface area contributed by atoms with E-state index in [-0.39, 0.29) is 45.3 Å². The molecule has 0 aliphatic rings. The number of benzene rings is 3. The average Bonchev–Trinajstić information content (AvgIpc) is 3.29. The highest BCUT2D eigenvalue weighted by molar-refractivity contribution is 6.40. The number of para-hydroxylation sites is 1. The molecule has 4 rings (SSSR count). The van der Waals surface area contributed by atoms with Gasteiger partial charge in [0, 0.05) is 17.2 Å². The lowest BCUT2D eigenvalue weighted by Crippen LogP contribution is -2.11. The van der Waals surface area contributed by atoms with Crippen molar-refractivity contribution in [3.05, 3.63) is 109 Å². The fourth-order valence-electron chi connectivity index (χ4n) is 3.20. The molecular weight excluding hydrogens is 531 g/mol. The number of nitro groups is 1. The van der Waals surface area contributed by atoms with Crippen molar-refractivity contribution in [2.75, 3.05) is 5.32 Å². The maximum Gasteiger partial charge on any atom is 0.291 e. The second-order valence-corrected chi connectivity index (χ2v) is 8.80. The standard InChI is InChI=1S/C25H17Cl3N2O6/c1-14-4-2-3-5-22(14)36-19-11-16(10-17(12-19)30(32)33)29-25(31)23-7-6-18(35-23)13-34-24-20(27)8-15(26)9-21(24)28/h2-12H,13H2,1H3,(H,29,31). The van der Waals surface area contributed by atoms with E-state index in [9.17, 15) is 14.9 Å². The molecule has 0 aliphatic carbocycles. The summed E-state index contributed by atoms with van der Waals surface area (Å²) in [6, 6.07) is 17.2. The fraction of sp³-hybridized carbons (Fsp3) is 0.0800. The van der Waals surface area contributed by atoms with Gasteiger partial charge in [-0.05, 0) is 42.8 Å². The third-order valence-corrected chi connectivity index (χ3v) is 5.67. The third kappa shape index (κ3) is 6.09. The molecule has 4 aromatic rings. The lowest BCUT2D eigenvalue weighted by Gasteiger charge is -2.10. The first-order chi connectivity index (χ1) is 17.2. The number of hydrogen-bond donors (Lipinski definition) is 1. The van der Waals surface area contributed by atoms with E-state index in [0.29, 0.717) is 16.5 Å². The van der Waals surface area contributed by atoms with Crippen molar-refractivity contribution in [3.8, 4) is 17.2 Å². The molecule has 3 aromatic carbocycles. The molecule has 0 saturated heterocycles. The number of furan rings is 1. The van der Waals surface area contributed by atoms with E-state index in [1.165, 1.54) is 36.4 Å². The van der Waals surface area contributed by atoms with Crippen LogP contribution in [0.2, 0.25) is 15.1 Å². The number of ether oxygens (including phenoxy) is 2. The summed E-state index contributed by atoms with van der Waals surface area (Å²) in [4.78, 5) is 23.6. The molecule has 0 unspecified atom stereocenters. The van der Waals surface area contributed by atoms with E-state index in [2.05, 4.69) is 5.32 Å². The lowest BCUT2D eigenvalue weighted by molar-refractivity contribution is -0.384. The summed E-state index contributed by atoms with van der Waals surface area (Å²) < 4.78 is 17.0. The monoisotopic (exact) mass is 546 g/mol. The Morgan fingerprint density at radius 1 is 1.03 bits per heavy atom. The molecule has 0 aliphatic heterocycles. The Morgan fingerprint density at radius 3 is 2.44 bits per heavy atom. The highest BCUT2D eigenvalue weighted by Gasteiger charge is 2.17. The van der Waals surface area contributed by atoms with Gasteiger partial charge in [0.2, 0.25) is 0 Å². The number of halogens is 3. The van der Waals surface area contributed by atoms with Gasteiger partial charge in [-0.1, -0.05) is 53.0 Å². The zero-order valence-corrected chi connectivity index (χ0v) is 20.9. The average molecular weight is 548 g/mol. The van der Waals surface area contributed by atoms with Crippen LogP contribution in [0.4, 0.5) is 11.4 Å². The molecule has 0 atom stereocenters. The van der Waals surface area contributed by atoms with Crippen LogP contribution in [0, 0.1) is 17.0 Å². The van der Waals surface area contributed by atoms with Crippen LogP contribution in [0.25, 0.3) is 0 Å². The predicted octanol–water partition coefficient (Wildman–Crippen LogP) is 8.08. The van der Waals surface area contributed by atoms with Gasteiger partial charge in [-0.3, -0.25) is 14.9 Å². The number of amides is 1. The molecule has 1 amide bonds. The first-order valence-electron chi connectivity index (χ1n) is 10.4. The second-order valence-electron chi connectivity index (χ2n) is 7.55. The highest BCUT2D eigenvalue weighted by Crippen LogP contribution is 2.36. The van der Waals surface area contributed by atoms with Crippen LogP contribution in [0.15, 0.2) is 71.1 Å². The van der Waals surface area contributed by atoms with Gasteiger partial charge in [0.1, 0.15) is 23.9 Å². The number of non-ortho nitro benzene ring substituents is 1. The summed E-state index contributed by atoms with van der Waals surface area (Å²) in [5, 5.41) is 14.8. The largest absolute Gasteiger partial charge is 0.483 e. The van der Waals surface area contributed by atoms with Gasteiger partial charge < -0.3 is 19.2 Å². The molecule has 0 spiro atoms. The van der Waals surface area contributed by atoms with Gasteiger partial charge >= 0.3 is 0 Å². The molecule has 0 fully saturated rings. The van der Waals surface area contributed by atoms with Crippen molar-refractivity contribution in [2.45, 2.75) is 13.5 Å². The first-order valence-corrected chi connectivity index (χ1v) is 11.5. The van der Waals surface area contributed by atoms with Crippen LogP contribution in [-0.4, -0.2) is 10.8 Å². The third-order valence-electron chi connectivity index (χ3n) is 4.89. The van der Waals surface area contributed by atoms with Crippen molar-refractivity contribution in [1.29, 1.82) is 0 Å². The van der Waals surface area contributed by atoms with E-state index < -0.39 is 10.8 Å². The number of carbonyl (C=O) groups is 1. The van der Waals surface area contributed by atoms with Crippen molar-refractivity contribution in [3.63, 3.8) is 0 Å². The van der Waals surface area contributed by atoms with Gasteiger partial charge in [0.15, 0.2) is 11.5 Å². The maximum atomic E-state index is 12.7. The summed E-state index contributed by atoms with van der Waals surface area (Å²) in [6.45, 7) is 1.79. The van der Waals surface area contributed by atoms with Gasteiger partial charge in [-0.15, -0.1) is 0 Å². The fourth-order valence-corrected chi connectivity index (χ4v) is 4.12.